The van der Waals surface area contributed by atoms with E-state index in [2.05, 4.69) is 0 Å². The smallest absolute Gasteiger partial charge is 0.161 e. The maximum Gasteiger partial charge on any atom is 0.161 e. The molecule has 2 atom stereocenters. The van der Waals surface area contributed by atoms with Crippen molar-refractivity contribution in [1.82, 2.24) is 0 Å². The third-order valence-electron chi connectivity index (χ3n) is 2.96. The Kier molecular flexibility index (Phi) is 3.38. The number of aliphatic hydroxyl groups is 2. The van der Waals surface area contributed by atoms with Gasteiger partial charge in [-0.05, 0) is 25.1 Å². The van der Waals surface area contributed by atoms with Crippen molar-refractivity contribution in [2.75, 3.05) is 18.0 Å². The van der Waals surface area contributed by atoms with Crippen LogP contribution in [0.2, 0.25) is 5.02 Å². The highest BCUT2D eigenvalue weighted by atomic mass is 35.5. The van der Waals surface area contributed by atoms with Crippen molar-refractivity contribution in [2.45, 2.75) is 19.1 Å². The first-order chi connectivity index (χ1) is 7.99. The van der Waals surface area contributed by atoms with Crippen molar-refractivity contribution in [3.63, 3.8) is 0 Å². The first kappa shape index (κ1) is 12.4. The number of Topliss-reactive ketones (excluding diaryl/α,β-unsaturated/α-hetero) is 1. The van der Waals surface area contributed by atoms with Crippen LogP contribution in [0.1, 0.15) is 17.3 Å². The maximum atomic E-state index is 11.2. The Bertz CT molecular complexity index is 439. The average Bonchev–Trinajstić information content (AvgIpc) is 2.58. The summed E-state index contributed by atoms with van der Waals surface area (Å²) >= 11 is 6.00. The molecule has 2 unspecified atom stereocenters. The highest BCUT2D eigenvalue weighted by Gasteiger charge is 2.29. The number of halogens is 1. The molecule has 1 aromatic carbocycles. The van der Waals surface area contributed by atoms with E-state index >= 15 is 0 Å². The molecular weight excluding hydrogens is 242 g/mol. The van der Waals surface area contributed by atoms with Gasteiger partial charge < -0.3 is 15.1 Å². The summed E-state index contributed by atoms with van der Waals surface area (Å²) in [5, 5.41) is 19.3. The lowest BCUT2D eigenvalue weighted by atomic mass is 10.1. The van der Waals surface area contributed by atoms with Crippen LogP contribution in [0.4, 0.5) is 5.69 Å². The molecule has 4 nitrogen and oxygen atoms in total. The van der Waals surface area contributed by atoms with E-state index in [-0.39, 0.29) is 5.78 Å². The molecule has 0 saturated carbocycles. The number of carbonyl (C=O) groups excluding carboxylic acids is 1. The van der Waals surface area contributed by atoms with Crippen molar-refractivity contribution in [2.24, 2.45) is 0 Å². The van der Waals surface area contributed by atoms with Crippen LogP contribution in [0.3, 0.4) is 0 Å². The molecule has 0 radical (unpaired) electrons. The van der Waals surface area contributed by atoms with E-state index in [9.17, 15) is 15.0 Å². The average molecular weight is 256 g/mol. The van der Waals surface area contributed by atoms with Crippen LogP contribution in [0, 0.1) is 0 Å². The number of ketones is 1. The number of benzene rings is 1. The van der Waals surface area contributed by atoms with Gasteiger partial charge in [0.05, 0.1) is 17.2 Å². The van der Waals surface area contributed by atoms with E-state index in [0.29, 0.717) is 23.7 Å². The Morgan fingerprint density at radius 1 is 1.35 bits per heavy atom. The van der Waals surface area contributed by atoms with Crippen molar-refractivity contribution < 1.29 is 15.0 Å². The van der Waals surface area contributed by atoms with Gasteiger partial charge in [-0.15, -0.1) is 0 Å². The van der Waals surface area contributed by atoms with E-state index in [4.69, 9.17) is 11.6 Å². The first-order valence-electron chi connectivity index (χ1n) is 5.40. The van der Waals surface area contributed by atoms with Gasteiger partial charge in [0.15, 0.2) is 5.78 Å². The third-order valence-corrected chi connectivity index (χ3v) is 3.27. The molecule has 1 heterocycles. The predicted octanol–water partition coefficient (Wildman–Crippen LogP) is 1.08. The molecule has 5 heteroatoms. The molecule has 1 saturated heterocycles. The fourth-order valence-electron chi connectivity index (χ4n) is 1.97. The van der Waals surface area contributed by atoms with Crippen molar-refractivity contribution in [3.8, 4) is 0 Å². The van der Waals surface area contributed by atoms with Gasteiger partial charge in [0.25, 0.3) is 0 Å². The van der Waals surface area contributed by atoms with Gasteiger partial charge in [-0.1, -0.05) is 11.6 Å². The Morgan fingerprint density at radius 2 is 1.94 bits per heavy atom. The van der Waals surface area contributed by atoms with E-state index in [1.807, 2.05) is 4.90 Å². The molecule has 0 aromatic heterocycles. The minimum absolute atomic E-state index is 0.0805. The molecule has 0 aliphatic carbocycles. The zero-order valence-electron chi connectivity index (χ0n) is 9.43. The van der Waals surface area contributed by atoms with Crippen LogP contribution in [-0.4, -0.2) is 41.3 Å². The highest BCUT2D eigenvalue weighted by Crippen LogP contribution is 2.26. The number of nitrogens with zero attached hydrogens (tertiary/aromatic N) is 1. The summed E-state index contributed by atoms with van der Waals surface area (Å²) in [5.41, 5.74) is 1.28. The number of hydrogen-bond acceptors (Lipinski definition) is 4. The van der Waals surface area contributed by atoms with E-state index < -0.39 is 12.2 Å². The van der Waals surface area contributed by atoms with Crippen molar-refractivity contribution in [3.05, 3.63) is 28.8 Å². The molecular formula is C12H14ClNO3. The minimum Gasteiger partial charge on any atom is -0.389 e. The van der Waals surface area contributed by atoms with Crippen LogP contribution < -0.4 is 4.90 Å². The Labute approximate surface area is 104 Å². The molecule has 2 N–H and O–H groups in total. The Balaban J connectivity index is 2.24. The third kappa shape index (κ3) is 2.44. The predicted molar refractivity (Wildman–Crippen MR) is 65.7 cm³/mol. The molecule has 1 aliphatic rings. The molecule has 0 spiro atoms. The van der Waals surface area contributed by atoms with Gasteiger partial charge in [0.1, 0.15) is 0 Å². The van der Waals surface area contributed by atoms with Crippen molar-refractivity contribution in [1.29, 1.82) is 0 Å². The van der Waals surface area contributed by atoms with Gasteiger partial charge in [-0.3, -0.25) is 4.79 Å². The number of anilines is 1. The first-order valence-corrected chi connectivity index (χ1v) is 5.78. The quantitative estimate of drug-likeness (QED) is 0.777. The lowest BCUT2D eigenvalue weighted by Gasteiger charge is -2.18. The summed E-state index contributed by atoms with van der Waals surface area (Å²) in [6.07, 6.45) is -1.47. The summed E-state index contributed by atoms with van der Waals surface area (Å²) in [4.78, 5) is 13.1. The normalized spacial score (nSPS) is 24.1. The number of β-amino-alcohol motifs (C(OH)–C–C–N with tert-alkyl or cyclic N) is 2. The largest absolute Gasteiger partial charge is 0.389 e. The van der Waals surface area contributed by atoms with Gasteiger partial charge >= 0.3 is 0 Å². The van der Waals surface area contributed by atoms with Crippen LogP contribution in [-0.2, 0) is 0 Å². The fourth-order valence-corrected chi connectivity index (χ4v) is 2.27. The van der Waals surface area contributed by atoms with Gasteiger partial charge in [0, 0.05) is 24.3 Å². The zero-order valence-corrected chi connectivity index (χ0v) is 10.2. The molecule has 92 valence electrons. The summed E-state index contributed by atoms with van der Waals surface area (Å²) < 4.78 is 0. The summed E-state index contributed by atoms with van der Waals surface area (Å²) in [6.45, 7) is 2.21. The number of aliphatic hydroxyl groups excluding tert-OH is 2. The molecule has 1 aliphatic heterocycles. The maximum absolute atomic E-state index is 11.2. The van der Waals surface area contributed by atoms with Crippen LogP contribution in [0.25, 0.3) is 0 Å². The molecule has 2 rings (SSSR count). The highest BCUT2D eigenvalue weighted by molar-refractivity contribution is 6.34. The number of carbonyl (C=O) groups is 1. The van der Waals surface area contributed by atoms with E-state index in [0.717, 1.165) is 5.69 Å². The molecule has 0 amide bonds. The number of hydrogen-bond donors (Lipinski definition) is 2. The number of rotatable bonds is 2. The van der Waals surface area contributed by atoms with Crippen LogP contribution in [0.5, 0.6) is 0 Å². The monoisotopic (exact) mass is 255 g/mol. The van der Waals surface area contributed by atoms with E-state index in [1.54, 1.807) is 18.2 Å². The molecule has 1 fully saturated rings. The minimum atomic E-state index is -0.735. The summed E-state index contributed by atoms with van der Waals surface area (Å²) in [7, 11) is 0. The standard InChI is InChI=1S/C12H14ClNO3/c1-7(15)9-3-2-8(4-10(9)13)14-5-11(16)12(17)6-14/h2-4,11-12,16-17H,5-6H2,1H3. The van der Waals surface area contributed by atoms with Gasteiger partial charge in [-0.25, -0.2) is 0 Å². The zero-order chi connectivity index (χ0) is 12.6. The van der Waals surface area contributed by atoms with Crippen molar-refractivity contribution >= 4 is 23.1 Å². The molecule has 0 bridgehead atoms. The lowest BCUT2D eigenvalue weighted by Crippen LogP contribution is -2.22. The van der Waals surface area contributed by atoms with Crippen LogP contribution in [0.15, 0.2) is 18.2 Å². The van der Waals surface area contributed by atoms with Gasteiger partial charge in [0.2, 0.25) is 0 Å². The second-order valence-corrected chi connectivity index (χ2v) is 4.67. The lowest BCUT2D eigenvalue weighted by molar-refractivity contribution is 0.0572. The summed E-state index contributed by atoms with van der Waals surface area (Å²) in [6, 6.07) is 5.12. The second kappa shape index (κ2) is 4.64. The Morgan fingerprint density at radius 3 is 2.41 bits per heavy atom. The van der Waals surface area contributed by atoms with Gasteiger partial charge in [-0.2, -0.15) is 0 Å². The topological polar surface area (TPSA) is 60.8 Å². The molecule has 1 aromatic rings. The fraction of sp³-hybridized carbons (Fsp3) is 0.417. The summed E-state index contributed by atoms with van der Waals surface area (Å²) in [5.74, 6) is -0.0805. The van der Waals surface area contributed by atoms with E-state index in [1.165, 1.54) is 6.92 Å². The second-order valence-electron chi connectivity index (χ2n) is 4.26. The molecule has 17 heavy (non-hydrogen) atoms. The Hall–Kier alpha value is -1.10. The van der Waals surface area contributed by atoms with Crippen LogP contribution >= 0.6 is 11.6 Å². The SMILES string of the molecule is CC(=O)c1ccc(N2CC(O)C(O)C2)cc1Cl.